The summed E-state index contributed by atoms with van der Waals surface area (Å²) in [5.74, 6) is 1.06. The number of hydrogen-bond acceptors (Lipinski definition) is 1. The van der Waals surface area contributed by atoms with E-state index in [0.29, 0.717) is 0 Å². The van der Waals surface area contributed by atoms with Crippen molar-refractivity contribution >= 4 is 17.0 Å². The van der Waals surface area contributed by atoms with E-state index in [0.717, 1.165) is 24.2 Å². The molecule has 1 heterocycles. The fourth-order valence-electron chi connectivity index (χ4n) is 2.43. The fourth-order valence-corrected chi connectivity index (χ4v) is 2.43. The summed E-state index contributed by atoms with van der Waals surface area (Å²) in [5, 5.41) is 1.31. The van der Waals surface area contributed by atoms with E-state index in [1.807, 2.05) is 0 Å². The Labute approximate surface area is 89.4 Å². The highest BCUT2D eigenvalue weighted by atomic mass is 16.3. The lowest BCUT2D eigenvalue weighted by atomic mass is 9.99. The average molecular weight is 198 g/mol. The van der Waals surface area contributed by atoms with Gasteiger partial charge in [0.15, 0.2) is 0 Å². The van der Waals surface area contributed by atoms with Gasteiger partial charge in [-0.05, 0) is 50.0 Å². The monoisotopic (exact) mass is 198 g/mol. The molecule has 0 saturated carbocycles. The van der Waals surface area contributed by atoms with Gasteiger partial charge in [0.2, 0.25) is 0 Å². The molecular formula is C14H14O. The van der Waals surface area contributed by atoms with Crippen molar-refractivity contribution in [2.45, 2.75) is 26.7 Å². The first-order chi connectivity index (χ1) is 7.25. The minimum Gasteiger partial charge on any atom is -0.456 e. The van der Waals surface area contributed by atoms with Crippen molar-refractivity contribution in [3.05, 3.63) is 40.7 Å². The number of allylic oxidation sites excluding steroid dienone is 1. The van der Waals surface area contributed by atoms with Crippen molar-refractivity contribution in [2.75, 3.05) is 0 Å². The third kappa shape index (κ3) is 1.23. The van der Waals surface area contributed by atoms with Gasteiger partial charge in [-0.2, -0.15) is 0 Å². The van der Waals surface area contributed by atoms with E-state index < -0.39 is 0 Å². The summed E-state index contributed by atoms with van der Waals surface area (Å²) in [6.07, 6.45) is 6.54. The Hall–Kier alpha value is -1.50. The van der Waals surface area contributed by atoms with E-state index in [-0.39, 0.29) is 0 Å². The van der Waals surface area contributed by atoms with Crippen molar-refractivity contribution < 1.29 is 4.42 Å². The molecule has 1 aromatic carbocycles. The lowest BCUT2D eigenvalue weighted by molar-refractivity contribution is 0.593. The van der Waals surface area contributed by atoms with E-state index in [2.05, 4.69) is 38.1 Å². The van der Waals surface area contributed by atoms with Gasteiger partial charge in [0, 0.05) is 10.9 Å². The van der Waals surface area contributed by atoms with Crippen LogP contribution in [0.15, 0.2) is 22.6 Å². The highest BCUT2D eigenvalue weighted by molar-refractivity contribution is 5.88. The molecule has 1 aliphatic carbocycles. The number of aryl methyl sites for hydroxylation is 3. The summed E-state index contributed by atoms with van der Waals surface area (Å²) in [7, 11) is 0. The van der Waals surface area contributed by atoms with Gasteiger partial charge in [0.05, 0.1) is 0 Å². The largest absolute Gasteiger partial charge is 0.456 e. The highest BCUT2D eigenvalue weighted by Crippen LogP contribution is 2.33. The van der Waals surface area contributed by atoms with Crippen LogP contribution in [0.5, 0.6) is 0 Å². The maximum atomic E-state index is 5.89. The predicted molar refractivity (Wildman–Crippen MR) is 63.0 cm³/mol. The zero-order valence-corrected chi connectivity index (χ0v) is 9.13. The molecular weight excluding hydrogens is 184 g/mol. The second-order valence-electron chi connectivity index (χ2n) is 4.34. The summed E-state index contributed by atoms with van der Waals surface area (Å²) >= 11 is 0. The van der Waals surface area contributed by atoms with Crippen LogP contribution in [0.2, 0.25) is 0 Å². The van der Waals surface area contributed by atoms with Crippen LogP contribution in [0.4, 0.5) is 0 Å². The second kappa shape index (κ2) is 2.99. The Morgan fingerprint density at radius 1 is 1.20 bits per heavy atom. The Bertz CT molecular complexity index is 558. The van der Waals surface area contributed by atoms with Crippen LogP contribution in [0.1, 0.15) is 28.9 Å². The lowest BCUT2D eigenvalue weighted by Crippen LogP contribution is -1.89. The van der Waals surface area contributed by atoms with Crippen LogP contribution in [0.3, 0.4) is 0 Å². The topological polar surface area (TPSA) is 13.1 Å². The van der Waals surface area contributed by atoms with Gasteiger partial charge in [-0.25, -0.2) is 0 Å². The van der Waals surface area contributed by atoms with Gasteiger partial charge >= 0.3 is 0 Å². The average Bonchev–Trinajstić information content (AvgIpc) is 2.57. The molecule has 1 aliphatic rings. The van der Waals surface area contributed by atoms with Crippen molar-refractivity contribution in [1.29, 1.82) is 0 Å². The lowest BCUT2D eigenvalue weighted by Gasteiger charge is -2.02. The van der Waals surface area contributed by atoms with Crippen LogP contribution in [-0.2, 0) is 6.42 Å². The Kier molecular flexibility index (Phi) is 1.75. The molecule has 0 bridgehead atoms. The summed E-state index contributed by atoms with van der Waals surface area (Å²) < 4.78 is 5.89. The fraction of sp³-hybridized carbons (Fsp3) is 0.286. The van der Waals surface area contributed by atoms with E-state index in [4.69, 9.17) is 4.42 Å². The van der Waals surface area contributed by atoms with Gasteiger partial charge in [-0.15, -0.1) is 0 Å². The molecule has 1 heteroatoms. The SMILES string of the molecule is Cc1cc(C)c2oc3c(c2c1)CCC=C3. The molecule has 76 valence electrons. The van der Waals surface area contributed by atoms with Crippen LogP contribution in [-0.4, -0.2) is 0 Å². The maximum absolute atomic E-state index is 5.89. The Morgan fingerprint density at radius 3 is 2.93 bits per heavy atom. The summed E-state index contributed by atoms with van der Waals surface area (Å²) in [6, 6.07) is 4.42. The van der Waals surface area contributed by atoms with Crippen LogP contribution >= 0.6 is 0 Å². The Balaban J connectivity index is 2.42. The van der Waals surface area contributed by atoms with Crippen molar-refractivity contribution in [3.63, 3.8) is 0 Å². The number of benzene rings is 1. The molecule has 0 radical (unpaired) electrons. The minimum atomic E-state index is 1.06. The minimum absolute atomic E-state index is 1.06. The highest BCUT2D eigenvalue weighted by Gasteiger charge is 2.15. The summed E-state index contributed by atoms with van der Waals surface area (Å²) in [5.41, 5.74) is 5.02. The van der Waals surface area contributed by atoms with Crippen molar-refractivity contribution in [3.8, 4) is 0 Å². The molecule has 2 aromatic rings. The number of furan rings is 1. The number of rotatable bonds is 0. The molecule has 1 nitrogen and oxygen atoms in total. The van der Waals surface area contributed by atoms with Crippen molar-refractivity contribution in [2.24, 2.45) is 0 Å². The third-order valence-electron chi connectivity index (χ3n) is 3.08. The third-order valence-corrected chi connectivity index (χ3v) is 3.08. The molecule has 0 saturated heterocycles. The normalized spacial score (nSPS) is 14.5. The first kappa shape index (κ1) is 8.78. The standard InChI is InChI=1S/C14H14O/c1-9-7-10(2)14-12(8-9)11-5-3-4-6-13(11)15-14/h4,6-8H,3,5H2,1-2H3. The molecule has 0 unspecified atom stereocenters. The van der Waals surface area contributed by atoms with Crippen molar-refractivity contribution in [1.82, 2.24) is 0 Å². The van der Waals surface area contributed by atoms with Crippen LogP contribution in [0, 0.1) is 13.8 Å². The summed E-state index contributed by atoms with van der Waals surface area (Å²) in [4.78, 5) is 0. The van der Waals surface area contributed by atoms with Crippen LogP contribution < -0.4 is 0 Å². The molecule has 3 rings (SSSR count). The predicted octanol–water partition coefficient (Wildman–Crippen LogP) is 4.01. The molecule has 15 heavy (non-hydrogen) atoms. The van der Waals surface area contributed by atoms with Gasteiger partial charge in [0.25, 0.3) is 0 Å². The smallest absolute Gasteiger partial charge is 0.137 e. The number of fused-ring (bicyclic) bond motifs is 3. The quantitative estimate of drug-likeness (QED) is 0.623. The van der Waals surface area contributed by atoms with Gasteiger partial charge < -0.3 is 4.42 Å². The molecule has 0 aliphatic heterocycles. The van der Waals surface area contributed by atoms with Crippen LogP contribution in [0.25, 0.3) is 17.0 Å². The Morgan fingerprint density at radius 2 is 2.07 bits per heavy atom. The molecule has 0 fully saturated rings. The maximum Gasteiger partial charge on any atom is 0.137 e. The second-order valence-corrected chi connectivity index (χ2v) is 4.34. The first-order valence-electron chi connectivity index (χ1n) is 5.45. The van der Waals surface area contributed by atoms with Gasteiger partial charge in [0.1, 0.15) is 11.3 Å². The van der Waals surface area contributed by atoms with E-state index in [1.54, 1.807) is 0 Å². The molecule has 0 N–H and O–H groups in total. The van der Waals surface area contributed by atoms with E-state index >= 15 is 0 Å². The zero-order valence-electron chi connectivity index (χ0n) is 9.13. The molecule has 1 aromatic heterocycles. The van der Waals surface area contributed by atoms with E-state index in [1.165, 1.54) is 22.1 Å². The number of hydrogen-bond donors (Lipinski definition) is 0. The zero-order chi connectivity index (χ0) is 10.4. The molecule has 0 spiro atoms. The summed E-state index contributed by atoms with van der Waals surface area (Å²) in [6.45, 7) is 4.26. The first-order valence-corrected chi connectivity index (χ1v) is 5.45. The molecule has 0 amide bonds. The van der Waals surface area contributed by atoms with Gasteiger partial charge in [-0.3, -0.25) is 0 Å². The van der Waals surface area contributed by atoms with Gasteiger partial charge in [-0.1, -0.05) is 12.1 Å². The molecule has 0 atom stereocenters. The van der Waals surface area contributed by atoms with E-state index in [9.17, 15) is 0 Å².